The molecule has 0 aliphatic carbocycles. The van der Waals surface area contributed by atoms with Crippen molar-refractivity contribution in [2.24, 2.45) is 0 Å². The summed E-state index contributed by atoms with van der Waals surface area (Å²) in [6.07, 6.45) is 0. The highest BCUT2D eigenvalue weighted by molar-refractivity contribution is 8.01. The minimum atomic E-state index is -2.09. The number of carboxylic acid groups (broad SMARTS) is 2. The molecule has 0 bridgehead atoms. The number of aliphatic carboxylic acids is 2. The molecule has 3 fully saturated rings. The van der Waals surface area contributed by atoms with Crippen LogP contribution in [0.25, 0.3) is 0 Å². The standard InChI is InChI=1S/C18H17ClN2O7S/c1-16(2)10(12(24)25)21-14(27)17(15(21)29-16)18(19,28-17)13(26)20-9(11(22)23)8-6-4-3-5-7-8/h3-7,9-10,15H,1-2H3,(H,20,26)(H,22,23)(H,24,25)/t9-,10+,15-,17+,18+/m1/s1. The Balaban J connectivity index is 1.57. The lowest BCUT2D eigenvalue weighted by Crippen LogP contribution is -2.70. The molecule has 3 N–H and O–H groups in total. The number of hydrogen-bond acceptors (Lipinski definition) is 6. The van der Waals surface area contributed by atoms with Crippen molar-refractivity contribution in [1.29, 1.82) is 0 Å². The summed E-state index contributed by atoms with van der Waals surface area (Å²) in [6.45, 7) is 3.37. The molecule has 3 aliphatic rings. The number of carbonyl (C=O) groups excluding carboxylic acids is 2. The number of ether oxygens (including phenoxy) is 1. The number of thioether (sulfide) groups is 1. The van der Waals surface area contributed by atoms with Gasteiger partial charge >= 0.3 is 11.9 Å². The molecule has 3 saturated heterocycles. The summed E-state index contributed by atoms with van der Waals surface area (Å²) in [5, 5.41) is 18.5. The van der Waals surface area contributed by atoms with Gasteiger partial charge in [0.25, 0.3) is 16.9 Å². The van der Waals surface area contributed by atoms with E-state index in [2.05, 4.69) is 5.32 Å². The maximum absolute atomic E-state index is 12.8. The monoisotopic (exact) mass is 440 g/mol. The number of halogens is 1. The van der Waals surface area contributed by atoms with Gasteiger partial charge in [0.1, 0.15) is 11.4 Å². The van der Waals surface area contributed by atoms with Crippen LogP contribution in [0.15, 0.2) is 30.3 Å². The fraction of sp³-hybridized carbons (Fsp3) is 0.444. The number of alkyl halides is 1. The van der Waals surface area contributed by atoms with Crippen molar-refractivity contribution in [3.63, 3.8) is 0 Å². The summed E-state index contributed by atoms with van der Waals surface area (Å²) >= 11 is 7.52. The third-order valence-electron chi connectivity index (χ3n) is 5.42. The Morgan fingerprint density at radius 3 is 2.41 bits per heavy atom. The maximum Gasteiger partial charge on any atom is 0.330 e. The van der Waals surface area contributed by atoms with Gasteiger partial charge in [-0.3, -0.25) is 9.59 Å². The molecule has 1 aromatic rings. The number of epoxide rings is 1. The number of benzene rings is 1. The van der Waals surface area contributed by atoms with Gasteiger partial charge in [-0.15, -0.1) is 11.8 Å². The molecule has 0 radical (unpaired) electrons. The minimum Gasteiger partial charge on any atom is -0.480 e. The van der Waals surface area contributed by atoms with Gasteiger partial charge in [-0.2, -0.15) is 0 Å². The fourth-order valence-electron chi connectivity index (χ4n) is 3.99. The van der Waals surface area contributed by atoms with E-state index in [0.29, 0.717) is 5.56 Å². The molecule has 0 aromatic heterocycles. The Kier molecular flexibility index (Phi) is 4.21. The number of β-lactam (4-membered cyclic amide) rings is 1. The van der Waals surface area contributed by atoms with Crippen molar-refractivity contribution >= 4 is 47.1 Å². The van der Waals surface area contributed by atoms with Crippen molar-refractivity contribution in [3.05, 3.63) is 35.9 Å². The van der Waals surface area contributed by atoms with E-state index in [9.17, 15) is 29.4 Å². The molecular weight excluding hydrogens is 424 g/mol. The molecule has 11 heteroatoms. The number of rotatable bonds is 5. The van der Waals surface area contributed by atoms with Crippen LogP contribution in [-0.2, 0) is 23.9 Å². The van der Waals surface area contributed by atoms with Gasteiger partial charge < -0.3 is 25.2 Å². The topological polar surface area (TPSA) is 137 Å². The molecular formula is C18H17ClN2O7S. The zero-order chi connectivity index (χ0) is 21.4. The van der Waals surface area contributed by atoms with E-state index in [1.165, 1.54) is 23.9 Å². The molecule has 3 aliphatic heterocycles. The number of carboxylic acids is 2. The number of hydrogen-bond donors (Lipinski definition) is 3. The molecule has 154 valence electrons. The first-order valence-corrected chi connectivity index (χ1v) is 9.94. The average Bonchev–Trinajstić information content (AvgIpc) is 3.24. The zero-order valence-electron chi connectivity index (χ0n) is 15.3. The Bertz CT molecular complexity index is 941. The van der Waals surface area contributed by atoms with Crippen LogP contribution >= 0.6 is 23.4 Å². The van der Waals surface area contributed by atoms with Crippen LogP contribution < -0.4 is 5.32 Å². The second kappa shape index (κ2) is 6.10. The zero-order valence-corrected chi connectivity index (χ0v) is 16.9. The highest BCUT2D eigenvalue weighted by Crippen LogP contribution is 2.69. The molecule has 0 saturated carbocycles. The smallest absolute Gasteiger partial charge is 0.330 e. The summed E-state index contributed by atoms with van der Waals surface area (Å²) in [4.78, 5) is 50.0. The van der Waals surface area contributed by atoms with Gasteiger partial charge in [0.2, 0.25) is 5.60 Å². The van der Waals surface area contributed by atoms with E-state index in [-0.39, 0.29) is 0 Å². The van der Waals surface area contributed by atoms with E-state index in [4.69, 9.17) is 16.3 Å². The number of nitrogens with zero attached hydrogens (tertiary/aromatic N) is 1. The molecule has 4 rings (SSSR count). The van der Waals surface area contributed by atoms with Crippen LogP contribution in [0.3, 0.4) is 0 Å². The number of amides is 2. The minimum absolute atomic E-state index is 0.326. The molecule has 0 unspecified atom stereocenters. The van der Waals surface area contributed by atoms with E-state index < -0.39 is 56.6 Å². The third-order valence-corrected chi connectivity index (χ3v) is 7.57. The fourth-order valence-corrected chi connectivity index (χ4v) is 6.14. The normalized spacial score (nSPS) is 34.9. The van der Waals surface area contributed by atoms with Crippen molar-refractivity contribution in [2.75, 3.05) is 0 Å². The first kappa shape index (κ1) is 20.0. The maximum atomic E-state index is 12.8. The van der Waals surface area contributed by atoms with Gasteiger partial charge in [0.05, 0.1) is 0 Å². The first-order valence-electron chi connectivity index (χ1n) is 8.68. The van der Waals surface area contributed by atoms with Gasteiger partial charge in [0, 0.05) is 4.75 Å². The van der Waals surface area contributed by atoms with Crippen LogP contribution in [0.2, 0.25) is 0 Å². The molecule has 2 amide bonds. The van der Waals surface area contributed by atoms with Crippen molar-refractivity contribution in [2.45, 2.75) is 46.7 Å². The quantitative estimate of drug-likeness (QED) is 0.347. The lowest BCUT2D eigenvalue weighted by molar-refractivity contribution is -0.165. The van der Waals surface area contributed by atoms with Crippen molar-refractivity contribution in [3.8, 4) is 0 Å². The Morgan fingerprint density at radius 2 is 1.86 bits per heavy atom. The second-order valence-corrected chi connectivity index (χ2v) is 9.88. The van der Waals surface area contributed by atoms with Crippen LogP contribution in [-0.4, -0.2) is 65.7 Å². The number of nitrogens with one attached hydrogen (secondary N) is 1. The predicted octanol–water partition coefficient (Wildman–Crippen LogP) is 0.779. The average molecular weight is 441 g/mol. The molecule has 1 spiro atoms. The van der Waals surface area contributed by atoms with Crippen LogP contribution in [0.4, 0.5) is 0 Å². The Morgan fingerprint density at radius 1 is 1.24 bits per heavy atom. The van der Waals surface area contributed by atoms with E-state index in [1.807, 2.05) is 0 Å². The molecule has 5 atom stereocenters. The van der Waals surface area contributed by atoms with Gasteiger partial charge in [-0.25, -0.2) is 9.59 Å². The predicted molar refractivity (Wildman–Crippen MR) is 101 cm³/mol. The highest BCUT2D eigenvalue weighted by atomic mass is 35.5. The van der Waals surface area contributed by atoms with Crippen molar-refractivity contribution < 1.29 is 34.1 Å². The lowest BCUT2D eigenvalue weighted by atomic mass is 9.88. The van der Waals surface area contributed by atoms with Gasteiger partial charge in [0.15, 0.2) is 6.04 Å². The second-order valence-electron chi connectivity index (χ2n) is 7.62. The largest absolute Gasteiger partial charge is 0.480 e. The molecule has 3 heterocycles. The van der Waals surface area contributed by atoms with Crippen LogP contribution in [0, 0.1) is 0 Å². The van der Waals surface area contributed by atoms with Crippen LogP contribution in [0.5, 0.6) is 0 Å². The Hall–Kier alpha value is -2.30. The summed E-state index contributed by atoms with van der Waals surface area (Å²) < 4.78 is 4.59. The molecule has 9 nitrogen and oxygen atoms in total. The molecule has 1 aromatic carbocycles. The highest BCUT2D eigenvalue weighted by Gasteiger charge is 2.92. The van der Waals surface area contributed by atoms with Crippen molar-refractivity contribution in [1.82, 2.24) is 10.2 Å². The number of fused-ring (bicyclic) bond motifs is 2. The van der Waals surface area contributed by atoms with Gasteiger partial charge in [-0.05, 0) is 19.4 Å². The third kappa shape index (κ3) is 2.52. The summed E-state index contributed by atoms with van der Waals surface area (Å²) in [6, 6.07) is 5.55. The summed E-state index contributed by atoms with van der Waals surface area (Å²) in [5.74, 6) is -4.11. The van der Waals surface area contributed by atoms with Crippen LogP contribution in [0.1, 0.15) is 25.5 Å². The number of carbonyl (C=O) groups is 4. The van der Waals surface area contributed by atoms with E-state index in [1.54, 1.807) is 32.0 Å². The van der Waals surface area contributed by atoms with E-state index >= 15 is 0 Å². The lowest BCUT2D eigenvalue weighted by Gasteiger charge is -2.42. The molecule has 29 heavy (non-hydrogen) atoms. The van der Waals surface area contributed by atoms with E-state index in [0.717, 1.165) is 4.90 Å². The van der Waals surface area contributed by atoms with Gasteiger partial charge in [-0.1, -0.05) is 41.9 Å². The summed E-state index contributed by atoms with van der Waals surface area (Å²) in [7, 11) is 0. The first-order chi connectivity index (χ1) is 13.5. The SMILES string of the molecule is CC1(C)S[C@H]2N(C(=O)[C@]23O[C@@]3(Cl)C(=O)N[C@@H](C(=O)O)c2ccccc2)[C@H]1C(=O)O. The summed E-state index contributed by atoms with van der Waals surface area (Å²) in [5.41, 5.74) is -1.38. The Labute approximate surface area is 174 Å².